The number of hydrogen-bond acceptors (Lipinski definition) is 6. The van der Waals surface area contributed by atoms with Gasteiger partial charge in [-0.25, -0.2) is 25.5 Å². The second kappa shape index (κ2) is 10.4. The predicted molar refractivity (Wildman–Crippen MR) is 91.0 cm³/mol. The first kappa shape index (κ1) is 20.6. The van der Waals surface area contributed by atoms with Crippen LogP contribution in [0.25, 0.3) is 0 Å². The summed E-state index contributed by atoms with van der Waals surface area (Å²) in [4.78, 5) is 12.7. The topological polar surface area (TPSA) is 106 Å². The van der Waals surface area contributed by atoms with E-state index in [1.807, 2.05) is 0 Å². The van der Waals surface area contributed by atoms with Gasteiger partial charge in [0.2, 0.25) is 12.3 Å². The molecule has 25 heavy (non-hydrogen) atoms. The smallest absolute Gasteiger partial charge is 0.280 e. The quantitative estimate of drug-likeness (QED) is 0.310. The third-order valence-corrected chi connectivity index (χ3v) is 3.23. The first-order valence-corrected chi connectivity index (χ1v) is 7.32. The number of anilines is 1. The van der Waals surface area contributed by atoms with Crippen LogP contribution in [0.2, 0.25) is 5.02 Å². The Labute approximate surface area is 148 Å². The van der Waals surface area contributed by atoms with Crippen LogP contribution in [0.5, 0.6) is 5.88 Å². The van der Waals surface area contributed by atoms with Gasteiger partial charge in [-0.3, -0.25) is 10.2 Å². The van der Waals surface area contributed by atoms with Crippen LogP contribution in [0.4, 0.5) is 14.5 Å². The number of amides is 1. The summed E-state index contributed by atoms with van der Waals surface area (Å²) in [5.74, 6) is 10.2. The minimum atomic E-state index is -2.64. The summed E-state index contributed by atoms with van der Waals surface area (Å²) in [6.45, 7) is 0.0796. The fraction of sp³-hybridized carbons (Fsp3) is 0.200. The number of halogens is 3. The summed E-state index contributed by atoms with van der Waals surface area (Å²) in [5.41, 5.74) is 2.77. The molecule has 136 valence electrons. The molecule has 10 heteroatoms. The first-order chi connectivity index (χ1) is 11.9. The van der Waals surface area contributed by atoms with Crippen LogP contribution in [0.15, 0.2) is 36.4 Å². The number of nitrogens with two attached hydrogens (primary N) is 2. The van der Waals surface area contributed by atoms with Crippen molar-refractivity contribution >= 4 is 23.7 Å². The third-order valence-electron chi connectivity index (χ3n) is 2.88. The van der Waals surface area contributed by atoms with Gasteiger partial charge in [-0.2, -0.15) is 0 Å². The predicted octanol–water partition coefficient (Wildman–Crippen LogP) is 2.17. The summed E-state index contributed by atoms with van der Waals surface area (Å²) in [7, 11) is 1.67. The number of carbonyl (C=O) groups is 1. The van der Waals surface area contributed by atoms with E-state index in [1.54, 1.807) is 30.7 Å². The van der Waals surface area contributed by atoms with Crippen LogP contribution in [0.3, 0.4) is 0 Å². The molecule has 0 aliphatic rings. The van der Waals surface area contributed by atoms with E-state index in [9.17, 15) is 8.78 Å². The van der Waals surface area contributed by atoms with Gasteiger partial charge >= 0.3 is 0 Å². The molecule has 1 heterocycles. The lowest BCUT2D eigenvalue weighted by Crippen LogP contribution is -2.26. The summed E-state index contributed by atoms with van der Waals surface area (Å²) >= 11 is 6.12. The number of ether oxygens (including phenoxy) is 1. The van der Waals surface area contributed by atoms with Crippen LogP contribution < -0.4 is 26.9 Å². The molecule has 5 N–H and O–H groups in total. The maximum absolute atomic E-state index is 12.6. The molecule has 0 saturated carbocycles. The molecular formula is C15H18ClF2N5O2. The van der Waals surface area contributed by atoms with Gasteiger partial charge in [0.15, 0.2) is 0 Å². The zero-order valence-corrected chi connectivity index (χ0v) is 14.1. The molecule has 0 aliphatic heterocycles. The lowest BCUT2D eigenvalue weighted by atomic mass is 10.2. The second-order valence-electron chi connectivity index (χ2n) is 4.62. The highest BCUT2D eigenvalue weighted by molar-refractivity contribution is 6.31. The Morgan fingerprint density at radius 1 is 1.36 bits per heavy atom. The monoisotopic (exact) mass is 373 g/mol. The lowest BCUT2D eigenvalue weighted by Gasteiger charge is -2.18. The number of carbonyl (C=O) groups excluding carboxylic acids is 1. The molecule has 1 amide bonds. The molecule has 0 unspecified atom stereocenters. The molecule has 0 fully saturated rings. The number of pyridine rings is 1. The van der Waals surface area contributed by atoms with Gasteiger partial charge in [-0.15, -0.1) is 0 Å². The van der Waals surface area contributed by atoms with Gasteiger partial charge in [0.25, 0.3) is 6.43 Å². The van der Waals surface area contributed by atoms with Crippen molar-refractivity contribution in [1.29, 1.82) is 0 Å². The van der Waals surface area contributed by atoms with Gasteiger partial charge in [0.1, 0.15) is 12.3 Å². The highest BCUT2D eigenvalue weighted by Crippen LogP contribution is 2.27. The maximum atomic E-state index is 12.6. The zero-order chi connectivity index (χ0) is 18.8. The van der Waals surface area contributed by atoms with E-state index in [0.717, 1.165) is 0 Å². The fourth-order valence-corrected chi connectivity index (χ4v) is 2.02. The number of hydrazine groups is 2. The largest absolute Gasteiger partial charge is 0.473 e. The second-order valence-corrected chi connectivity index (χ2v) is 5.03. The van der Waals surface area contributed by atoms with Crippen LogP contribution in [0.1, 0.15) is 17.7 Å². The molecule has 0 aliphatic carbocycles. The lowest BCUT2D eigenvalue weighted by molar-refractivity contribution is -0.109. The number of rotatable bonds is 6. The number of hydrogen-bond donors (Lipinski definition) is 3. The van der Waals surface area contributed by atoms with E-state index in [0.29, 0.717) is 22.7 Å². The molecule has 1 aromatic carbocycles. The van der Waals surface area contributed by atoms with Crippen molar-refractivity contribution in [3.05, 3.63) is 52.7 Å². The molecule has 7 nitrogen and oxygen atoms in total. The maximum Gasteiger partial charge on any atom is 0.280 e. The van der Waals surface area contributed by atoms with Crippen LogP contribution in [0, 0.1) is 0 Å². The number of benzene rings is 1. The number of aromatic nitrogens is 1. The number of nitrogens with one attached hydrogen (secondary N) is 1. The molecule has 2 rings (SSSR count). The van der Waals surface area contributed by atoms with E-state index in [-0.39, 0.29) is 18.2 Å². The minimum Gasteiger partial charge on any atom is -0.473 e. The summed E-state index contributed by atoms with van der Waals surface area (Å²) in [6.07, 6.45) is -2.24. The summed E-state index contributed by atoms with van der Waals surface area (Å²) < 4.78 is 30.6. The molecule has 0 spiro atoms. The van der Waals surface area contributed by atoms with Crippen molar-refractivity contribution in [2.24, 2.45) is 11.7 Å². The number of nitrogens with zero attached hydrogens (tertiary/aromatic N) is 2. The first-order valence-electron chi connectivity index (χ1n) is 6.94. The van der Waals surface area contributed by atoms with Gasteiger partial charge in [-0.05, 0) is 18.2 Å². The third kappa shape index (κ3) is 6.49. The van der Waals surface area contributed by atoms with Crippen molar-refractivity contribution in [3.63, 3.8) is 0 Å². The molecule has 1 aromatic heterocycles. The van der Waals surface area contributed by atoms with Crippen molar-refractivity contribution < 1.29 is 18.3 Å². The molecule has 0 saturated heterocycles. The molecular weight excluding hydrogens is 356 g/mol. The fourth-order valence-electron chi connectivity index (χ4n) is 1.80. The summed E-state index contributed by atoms with van der Waals surface area (Å²) in [5, 5.41) is 1.89. The zero-order valence-electron chi connectivity index (χ0n) is 13.3. The van der Waals surface area contributed by atoms with Gasteiger partial charge < -0.3 is 9.75 Å². The van der Waals surface area contributed by atoms with Gasteiger partial charge in [0, 0.05) is 23.7 Å². The SMILES string of the molecule is CN(N)c1cccc(Cl)c1COc1cccc(C(F)F)n1.NNC=O. The Morgan fingerprint density at radius 3 is 2.56 bits per heavy atom. The Hall–Kier alpha value is -2.49. The van der Waals surface area contributed by atoms with Crippen LogP contribution in [-0.4, -0.2) is 18.4 Å². The minimum absolute atomic E-state index is 0.0796. The molecule has 0 radical (unpaired) electrons. The Bertz CT molecular complexity index is 689. The van der Waals surface area contributed by atoms with E-state index in [2.05, 4.69) is 10.8 Å². The van der Waals surface area contributed by atoms with Gasteiger partial charge in [-0.1, -0.05) is 23.7 Å². The van der Waals surface area contributed by atoms with E-state index < -0.39 is 6.43 Å². The summed E-state index contributed by atoms with van der Waals surface area (Å²) in [6, 6.07) is 9.47. The number of alkyl halides is 2. The Morgan fingerprint density at radius 2 is 2.00 bits per heavy atom. The van der Waals surface area contributed by atoms with Crippen molar-refractivity contribution in [3.8, 4) is 5.88 Å². The Kier molecular flexibility index (Phi) is 8.54. The normalized spacial score (nSPS) is 9.88. The average molecular weight is 374 g/mol. The van der Waals surface area contributed by atoms with Crippen LogP contribution >= 0.6 is 11.6 Å². The molecule has 2 aromatic rings. The highest BCUT2D eigenvalue weighted by Gasteiger charge is 2.12. The Balaban J connectivity index is 0.000000705. The van der Waals surface area contributed by atoms with Crippen molar-refractivity contribution in [1.82, 2.24) is 10.4 Å². The van der Waals surface area contributed by atoms with Crippen molar-refractivity contribution in [2.45, 2.75) is 13.0 Å². The van der Waals surface area contributed by atoms with E-state index in [4.69, 9.17) is 27.0 Å². The van der Waals surface area contributed by atoms with Crippen molar-refractivity contribution in [2.75, 3.05) is 12.1 Å². The van der Waals surface area contributed by atoms with Gasteiger partial charge in [0.05, 0.1) is 5.69 Å². The van der Waals surface area contributed by atoms with Crippen LogP contribution in [-0.2, 0) is 11.4 Å². The standard InChI is InChI=1S/C14H14ClF2N3O.CH4N2O/c1-20(18)12-6-2-4-10(15)9(12)8-21-13-7-3-5-11(19-13)14(16)17;2-3-1-4/h2-7,14H,8,18H2,1H3;1H,2H2,(H,3,4). The van der Waals surface area contributed by atoms with E-state index >= 15 is 0 Å². The molecule has 0 bridgehead atoms. The average Bonchev–Trinajstić information content (AvgIpc) is 2.60. The van der Waals surface area contributed by atoms with E-state index in [1.165, 1.54) is 23.2 Å². The highest BCUT2D eigenvalue weighted by atomic mass is 35.5. The molecule has 0 atom stereocenters.